The van der Waals surface area contributed by atoms with Crippen LogP contribution in [-0.2, 0) is 24.4 Å². The molecule has 1 atom stereocenters. The molecule has 7 heteroatoms. The third kappa shape index (κ3) is 3.86. The van der Waals surface area contributed by atoms with Crippen LogP contribution in [0.5, 0.6) is 0 Å². The zero-order chi connectivity index (χ0) is 18.8. The van der Waals surface area contributed by atoms with Crippen molar-refractivity contribution in [2.75, 3.05) is 0 Å². The number of carbonyl (C=O) groups excluding carboxylic acids is 1. The highest BCUT2D eigenvalue weighted by Gasteiger charge is 2.24. The molecule has 5 nitrogen and oxygen atoms in total. The lowest BCUT2D eigenvalue weighted by molar-refractivity contribution is -0.00119. The topological polar surface area (TPSA) is 56.2 Å². The predicted molar refractivity (Wildman–Crippen MR) is 98.8 cm³/mol. The van der Waals surface area contributed by atoms with Crippen molar-refractivity contribution in [3.63, 3.8) is 0 Å². The van der Waals surface area contributed by atoms with Crippen molar-refractivity contribution >= 4 is 17.5 Å². The second-order valence-corrected chi connectivity index (χ2v) is 6.76. The molecule has 1 aromatic heterocycles. The monoisotopic (exact) mass is 385 g/mol. The third-order valence-corrected chi connectivity index (χ3v) is 4.76. The quantitative estimate of drug-likeness (QED) is 0.741. The van der Waals surface area contributed by atoms with Crippen molar-refractivity contribution in [3.05, 3.63) is 88.0 Å². The van der Waals surface area contributed by atoms with Gasteiger partial charge in [-0.1, -0.05) is 41.9 Å². The van der Waals surface area contributed by atoms with Crippen molar-refractivity contribution in [1.29, 1.82) is 0 Å². The van der Waals surface area contributed by atoms with Gasteiger partial charge in [0.15, 0.2) is 5.69 Å². The zero-order valence-corrected chi connectivity index (χ0v) is 15.1. The minimum Gasteiger partial charge on any atom is -0.365 e. The Balaban J connectivity index is 1.44. The smallest absolute Gasteiger partial charge is 0.272 e. The Hall–Kier alpha value is -2.70. The second kappa shape index (κ2) is 7.50. The van der Waals surface area contributed by atoms with Gasteiger partial charge in [-0.2, -0.15) is 5.10 Å². The molecule has 0 bridgehead atoms. The molecule has 27 heavy (non-hydrogen) atoms. The number of hydrogen-bond donors (Lipinski definition) is 1. The summed E-state index contributed by atoms with van der Waals surface area (Å²) in [6, 6.07) is 15.5. The Morgan fingerprint density at radius 2 is 2.04 bits per heavy atom. The van der Waals surface area contributed by atoms with Gasteiger partial charge in [-0.05, 0) is 29.8 Å². The average molecular weight is 386 g/mol. The van der Waals surface area contributed by atoms with Crippen molar-refractivity contribution in [1.82, 2.24) is 15.1 Å². The van der Waals surface area contributed by atoms with Crippen LogP contribution in [0.25, 0.3) is 0 Å². The van der Waals surface area contributed by atoms with E-state index >= 15 is 0 Å². The molecule has 0 spiro atoms. The number of ether oxygens (including phenoxy) is 1. The lowest BCUT2D eigenvalue weighted by atomic mass is 10.1. The fraction of sp³-hybridized carbons (Fsp3) is 0.200. The van der Waals surface area contributed by atoms with Gasteiger partial charge in [-0.3, -0.25) is 9.48 Å². The number of fused-ring (bicyclic) bond motifs is 1. The Labute approximate surface area is 160 Å². The van der Waals surface area contributed by atoms with Crippen LogP contribution in [0.4, 0.5) is 4.39 Å². The summed E-state index contributed by atoms with van der Waals surface area (Å²) in [6.07, 6.45) is -0.149. The van der Waals surface area contributed by atoms with Crippen LogP contribution < -0.4 is 5.32 Å². The molecule has 0 fully saturated rings. The average Bonchev–Trinajstić information content (AvgIpc) is 3.11. The van der Waals surface area contributed by atoms with E-state index in [1.165, 1.54) is 6.07 Å². The molecule has 0 aliphatic carbocycles. The van der Waals surface area contributed by atoms with Gasteiger partial charge in [0.1, 0.15) is 11.9 Å². The summed E-state index contributed by atoms with van der Waals surface area (Å²) in [5, 5.41) is 7.76. The number of nitrogens with one attached hydrogen (secondary N) is 1. The van der Waals surface area contributed by atoms with Gasteiger partial charge in [-0.15, -0.1) is 0 Å². The number of benzene rings is 2. The molecule has 0 saturated carbocycles. The maximum atomic E-state index is 13.7. The summed E-state index contributed by atoms with van der Waals surface area (Å²) in [6.45, 7) is 0.982. The van der Waals surface area contributed by atoms with E-state index in [0.717, 1.165) is 11.3 Å². The van der Waals surface area contributed by atoms with Crippen LogP contribution in [0.1, 0.15) is 33.4 Å². The second-order valence-electron chi connectivity index (χ2n) is 6.33. The highest BCUT2D eigenvalue weighted by molar-refractivity contribution is 6.30. The zero-order valence-electron chi connectivity index (χ0n) is 14.4. The standard InChI is InChI=1S/C20H17ClFN3O2/c21-15-7-5-13(6-8-15)19-11-25-16(12-27-19)9-18(24-25)20(26)23-10-14-3-1-2-4-17(14)22/h1-9,19H,10-12H2,(H,23,26). The minimum absolute atomic E-state index is 0.109. The van der Waals surface area contributed by atoms with Crippen molar-refractivity contribution < 1.29 is 13.9 Å². The SMILES string of the molecule is O=C(NCc1ccccc1F)c1cc2n(n1)CC(c1ccc(Cl)cc1)OC2. The van der Waals surface area contributed by atoms with Gasteiger partial charge in [0.25, 0.3) is 5.91 Å². The van der Waals surface area contributed by atoms with E-state index in [1.54, 1.807) is 28.9 Å². The van der Waals surface area contributed by atoms with E-state index in [4.69, 9.17) is 16.3 Å². The van der Waals surface area contributed by atoms with Gasteiger partial charge in [0.05, 0.1) is 18.8 Å². The van der Waals surface area contributed by atoms with Gasteiger partial charge in [-0.25, -0.2) is 4.39 Å². The molecule has 2 aromatic carbocycles. The summed E-state index contributed by atoms with van der Waals surface area (Å²) in [5.41, 5.74) is 2.56. The molecule has 1 amide bonds. The molecule has 3 aromatic rings. The minimum atomic E-state index is -0.346. The first-order valence-corrected chi connectivity index (χ1v) is 8.93. The van der Waals surface area contributed by atoms with Gasteiger partial charge >= 0.3 is 0 Å². The fourth-order valence-electron chi connectivity index (χ4n) is 3.02. The third-order valence-electron chi connectivity index (χ3n) is 4.51. The molecular weight excluding hydrogens is 369 g/mol. The largest absolute Gasteiger partial charge is 0.365 e. The van der Waals surface area contributed by atoms with Crippen molar-refractivity contribution in [2.24, 2.45) is 0 Å². The molecule has 1 N–H and O–H groups in total. The summed E-state index contributed by atoms with van der Waals surface area (Å²) >= 11 is 5.93. The maximum Gasteiger partial charge on any atom is 0.272 e. The Bertz CT molecular complexity index is 972. The first kappa shape index (κ1) is 17.7. The van der Waals surface area contributed by atoms with E-state index in [0.29, 0.717) is 29.4 Å². The lowest BCUT2D eigenvalue weighted by Crippen LogP contribution is -2.24. The van der Waals surface area contributed by atoms with Crippen molar-refractivity contribution in [2.45, 2.75) is 25.8 Å². The summed E-state index contributed by atoms with van der Waals surface area (Å²) in [7, 11) is 0. The van der Waals surface area contributed by atoms with Gasteiger partial charge < -0.3 is 10.1 Å². The van der Waals surface area contributed by atoms with Crippen LogP contribution in [0.15, 0.2) is 54.6 Å². The number of hydrogen-bond acceptors (Lipinski definition) is 3. The van der Waals surface area contributed by atoms with Crippen LogP contribution >= 0.6 is 11.6 Å². The van der Waals surface area contributed by atoms with Gasteiger partial charge in [0, 0.05) is 17.1 Å². The molecule has 4 rings (SSSR count). The normalized spacial score (nSPS) is 16.0. The molecular formula is C20H17ClFN3O2. The summed E-state index contributed by atoms with van der Waals surface area (Å²) < 4.78 is 21.3. The molecule has 1 unspecified atom stereocenters. The van der Waals surface area contributed by atoms with Crippen molar-refractivity contribution in [3.8, 4) is 0 Å². The number of amides is 1. The Kier molecular flexibility index (Phi) is 4.92. The lowest BCUT2D eigenvalue weighted by Gasteiger charge is -2.24. The number of carbonyl (C=O) groups is 1. The van der Waals surface area contributed by atoms with E-state index in [2.05, 4.69) is 10.4 Å². The number of halogens is 2. The van der Waals surface area contributed by atoms with E-state index in [9.17, 15) is 9.18 Å². The van der Waals surface area contributed by atoms with E-state index in [-0.39, 0.29) is 24.4 Å². The molecule has 0 saturated heterocycles. The van der Waals surface area contributed by atoms with Crippen LogP contribution in [-0.4, -0.2) is 15.7 Å². The van der Waals surface area contributed by atoms with Crippen LogP contribution in [0, 0.1) is 5.82 Å². The number of rotatable bonds is 4. The first-order valence-electron chi connectivity index (χ1n) is 8.55. The molecule has 2 heterocycles. The Morgan fingerprint density at radius 1 is 1.26 bits per heavy atom. The fourth-order valence-corrected chi connectivity index (χ4v) is 3.15. The molecule has 1 aliphatic rings. The Morgan fingerprint density at radius 3 is 2.81 bits per heavy atom. The van der Waals surface area contributed by atoms with Crippen LogP contribution in [0.2, 0.25) is 5.02 Å². The molecule has 1 aliphatic heterocycles. The molecule has 138 valence electrons. The van der Waals surface area contributed by atoms with Crippen LogP contribution in [0.3, 0.4) is 0 Å². The number of aromatic nitrogens is 2. The maximum absolute atomic E-state index is 13.7. The highest BCUT2D eigenvalue weighted by Crippen LogP contribution is 2.27. The summed E-state index contributed by atoms with van der Waals surface area (Å²) in [5.74, 6) is -0.690. The van der Waals surface area contributed by atoms with E-state index in [1.807, 2.05) is 24.3 Å². The molecule has 0 radical (unpaired) electrons. The van der Waals surface area contributed by atoms with E-state index < -0.39 is 0 Å². The number of nitrogens with zero attached hydrogens (tertiary/aromatic N) is 2. The highest BCUT2D eigenvalue weighted by atomic mass is 35.5. The first-order chi connectivity index (χ1) is 13.1. The summed E-state index contributed by atoms with van der Waals surface area (Å²) in [4.78, 5) is 12.4. The van der Waals surface area contributed by atoms with Gasteiger partial charge in [0.2, 0.25) is 0 Å². The predicted octanol–water partition coefficient (Wildman–Crippen LogP) is 3.88.